The highest BCUT2D eigenvalue weighted by atomic mass is 16.2. The van der Waals surface area contributed by atoms with Crippen LogP contribution in [0.5, 0.6) is 0 Å². The summed E-state index contributed by atoms with van der Waals surface area (Å²) in [6.45, 7) is 7.29. The van der Waals surface area contributed by atoms with Gasteiger partial charge in [-0.25, -0.2) is 0 Å². The summed E-state index contributed by atoms with van der Waals surface area (Å²) in [6.07, 6.45) is 34.9. The van der Waals surface area contributed by atoms with Crippen LogP contribution in [-0.4, -0.2) is 35.7 Å². The predicted octanol–water partition coefficient (Wildman–Crippen LogP) is 11.2. The van der Waals surface area contributed by atoms with Gasteiger partial charge in [-0.05, 0) is 19.3 Å². The smallest absolute Gasteiger partial charge is 0.268 e. The number of carbonyl (C=O) groups excluding carboxylic acids is 3. The van der Waals surface area contributed by atoms with E-state index in [2.05, 4.69) is 26.1 Å². The minimum absolute atomic E-state index is 0.0445. The average molecular weight is 606 g/mol. The number of rotatable bonds is 33. The molecule has 5 nitrogen and oxygen atoms in total. The normalized spacial score (nSPS) is 11.1. The quantitative estimate of drug-likeness (QED) is 0.0699. The van der Waals surface area contributed by atoms with Crippen LogP contribution in [0.1, 0.15) is 213 Å². The lowest BCUT2D eigenvalue weighted by Gasteiger charge is -2.22. The van der Waals surface area contributed by atoms with E-state index in [-0.39, 0.29) is 18.4 Å². The number of hydrogen-bond donors (Lipinski definition) is 0. The molecule has 0 aromatic rings. The SMILES string of the molecule is CCCCCCCCCCCCN(CC(=O)[N]C(=O)CCCCCCCCCCC)C(=O)CCCCCCCCCCC. The van der Waals surface area contributed by atoms with Crippen molar-refractivity contribution in [2.45, 2.75) is 213 Å². The lowest BCUT2D eigenvalue weighted by molar-refractivity contribution is -0.138. The molecule has 0 unspecified atom stereocenters. The summed E-state index contributed by atoms with van der Waals surface area (Å²) in [6, 6.07) is 0. The number of carbonyl (C=O) groups is 3. The van der Waals surface area contributed by atoms with E-state index in [1.165, 1.54) is 135 Å². The van der Waals surface area contributed by atoms with E-state index < -0.39 is 5.91 Å². The highest BCUT2D eigenvalue weighted by Crippen LogP contribution is 2.14. The Kier molecular flexibility index (Phi) is 32.4. The Morgan fingerprint density at radius 3 is 1.12 bits per heavy atom. The molecule has 5 heteroatoms. The van der Waals surface area contributed by atoms with Gasteiger partial charge in [-0.1, -0.05) is 181 Å². The van der Waals surface area contributed by atoms with E-state index in [1.54, 1.807) is 4.90 Å². The van der Waals surface area contributed by atoms with Crippen LogP contribution in [0.3, 0.4) is 0 Å². The summed E-state index contributed by atoms with van der Waals surface area (Å²) in [5, 5.41) is 3.85. The van der Waals surface area contributed by atoms with Crippen LogP contribution in [0.2, 0.25) is 0 Å². The summed E-state index contributed by atoms with van der Waals surface area (Å²) in [5.41, 5.74) is 0. The van der Waals surface area contributed by atoms with Crippen molar-refractivity contribution in [1.29, 1.82) is 0 Å². The molecule has 0 aliphatic carbocycles. The van der Waals surface area contributed by atoms with Gasteiger partial charge in [-0.15, -0.1) is 0 Å². The Balaban J connectivity index is 4.35. The van der Waals surface area contributed by atoms with E-state index in [9.17, 15) is 14.4 Å². The van der Waals surface area contributed by atoms with Gasteiger partial charge >= 0.3 is 0 Å². The number of unbranched alkanes of at least 4 members (excludes halogenated alkanes) is 25. The van der Waals surface area contributed by atoms with Crippen molar-refractivity contribution >= 4 is 17.7 Å². The largest absolute Gasteiger partial charge is 0.333 e. The Labute approximate surface area is 268 Å². The number of nitrogens with zero attached hydrogens (tertiary/aromatic N) is 2. The van der Waals surface area contributed by atoms with Gasteiger partial charge in [-0.2, -0.15) is 5.32 Å². The van der Waals surface area contributed by atoms with E-state index in [0.29, 0.717) is 19.4 Å². The molecule has 0 saturated heterocycles. The highest BCUT2D eigenvalue weighted by Gasteiger charge is 2.19. The topological polar surface area (TPSA) is 68.6 Å². The second-order valence-corrected chi connectivity index (χ2v) is 13.1. The fraction of sp³-hybridized carbons (Fsp3) is 0.921. The van der Waals surface area contributed by atoms with Gasteiger partial charge in [0.25, 0.3) is 5.91 Å². The van der Waals surface area contributed by atoms with Crippen molar-refractivity contribution in [3.8, 4) is 0 Å². The van der Waals surface area contributed by atoms with Crippen LogP contribution < -0.4 is 5.32 Å². The van der Waals surface area contributed by atoms with Gasteiger partial charge in [0.1, 0.15) is 6.54 Å². The van der Waals surface area contributed by atoms with Crippen molar-refractivity contribution in [2.24, 2.45) is 0 Å². The maximum absolute atomic E-state index is 13.1. The van der Waals surface area contributed by atoms with Crippen molar-refractivity contribution < 1.29 is 14.4 Å². The van der Waals surface area contributed by atoms with Gasteiger partial charge in [0.2, 0.25) is 11.8 Å². The predicted molar refractivity (Wildman–Crippen MR) is 184 cm³/mol. The minimum Gasteiger partial charge on any atom is -0.333 e. The summed E-state index contributed by atoms with van der Waals surface area (Å²) in [7, 11) is 0. The fourth-order valence-corrected chi connectivity index (χ4v) is 5.81. The zero-order valence-corrected chi connectivity index (χ0v) is 29.2. The first-order valence-electron chi connectivity index (χ1n) is 19.1. The summed E-state index contributed by atoms with van der Waals surface area (Å²) >= 11 is 0. The molecular formula is C38H73N2O3. The van der Waals surface area contributed by atoms with Gasteiger partial charge in [0.05, 0.1) is 0 Å². The van der Waals surface area contributed by atoms with Crippen LogP contribution >= 0.6 is 0 Å². The molecule has 43 heavy (non-hydrogen) atoms. The van der Waals surface area contributed by atoms with Crippen LogP contribution in [0, 0.1) is 0 Å². The molecule has 0 rings (SSSR count). The molecule has 0 aromatic heterocycles. The Morgan fingerprint density at radius 2 is 0.721 bits per heavy atom. The second kappa shape index (κ2) is 33.5. The molecule has 0 spiro atoms. The van der Waals surface area contributed by atoms with Crippen molar-refractivity contribution in [3.63, 3.8) is 0 Å². The third-order valence-corrected chi connectivity index (χ3v) is 8.70. The van der Waals surface area contributed by atoms with E-state index >= 15 is 0 Å². The third kappa shape index (κ3) is 30.4. The van der Waals surface area contributed by atoms with Crippen molar-refractivity contribution in [2.75, 3.05) is 13.1 Å². The molecule has 253 valence electrons. The van der Waals surface area contributed by atoms with E-state index in [4.69, 9.17) is 0 Å². The molecule has 3 amide bonds. The molecule has 0 N–H and O–H groups in total. The standard InChI is InChI=1S/C38H73N2O3/c1-4-7-10-13-16-19-22-25-28-31-34-40(38(43)33-30-27-24-21-18-15-12-9-6-3)35-37(42)39-36(41)32-29-26-23-20-17-14-11-8-5-2/h4-35H2,1-3H3. The Morgan fingerprint density at radius 1 is 0.395 bits per heavy atom. The molecule has 0 bridgehead atoms. The maximum atomic E-state index is 13.1. The zero-order chi connectivity index (χ0) is 31.6. The molecule has 0 fully saturated rings. The molecule has 0 aliphatic rings. The molecule has 0 aromatic carbocycles. The Bertz CT molecular complexity index is 637. The number of imide groups is 1. The first-order valence-corrected chi connectivity index (χ1v) is 19.1. The second-order valence-electron chi connectivity index (χ2n) is 13.1. The Hall–Kier alpha value is -1.39. The van der Waals surface area contributed by atoms with E-state index in [0.717, 1.165) is 44.9 Å². The summed E-state index contributed by atoms with van der Waals surface area (Å²) in [4.78, 5) is 39.7. The number of hydrogen-bond acceptors (Lipinski definition) is 3. The van der Waals surface area contributed by atoms with Crippen LogP contribution in [-0.2, 0) is 14.4 Å². The maximum Gasteiger partial charge on any atom is 0.268 e. The first kappa shape index (κ1) is 41.6. The molecule has 0 heterocycles. The van der Waals surface area contributed by atoms with Gasteiger partial charge in [0.15, 0.2) is 0 Å². The highest BCUT2D eigenvalue weighted by molar-refractivity contribution is 5.96. The van der Waals surface area contributed by atoms with Crippen molar-refractivity contribution in [1.82, 2.24) is 10.2 Å². The summed E-state index contributed by atoms with van der Waals surface area (Å²) < 4.78 is 0. The van der Waals surface area contributed by atoms with Gasteiger partial charge in [-0.3, -0.25) is 14.4 Å². The molecule has 0 aliphatic heterocycles. The minimum atomic E-state index is -0.451. The summed E-state index contributed by atoms with van der Waals surface area (Å²) in [5.74, 6) is -0.722. The van der Waals surface area contributed by atoms with Crippen LogP contribution in [0.25, 0.3) is 0 Å². The zero-order valence-electron chi connectivity index (χ0n) is 29.2. The van der Waals surface area contributed by atoms with E-state index in [1.807, 2.05) is 0 Å². The monoisotopic (exact) mass is 606 g/mol. The average Bonchev–Trinajstić information content (AvgIpc) is 2.99. The molecular weight excluding hydrogens is 532 g/mol. The first-order chi connectivity index (χ1) is 21.0. The molecule has 0 atom stereocenters. The van der Waals surface area contributed by atoms with Gasteiger partial charge < -0.3 is 4.90 Å². The molecule has 1 radical (unpaired) electrons. The fourth-order valence-electron chi connectivity index (χ4n) is 5.81. The lowest BCUT2D eigenvalue weighted by Crippen LogP contribution is -2.40. The lowest BCUT2D eigenvalue weighted by atomic mass is 10.1. The number of amides is 3. The van der Waals surface area contributed by atoms with Crippen LogP contribution in [0.15, 0.2) is 0 Å². The third-order valence-electron chi connectivity index (χ3n) is 8.70. The van der Waals surface area contributed by atoms with Gasteiger partial charge in [0, 0.05) is 19.4 Å². The molecule has 0 saturated carbocycles. The van der Waals surface area contributed by atoms with Crippen LogP contribution in [0.4, 0.5) is 0 Å². The van der Waals surface area contributed by atoms with Crippen molar-refractivity contribution in [3.05, 3.63) is 0 Å².